The number of aliphatic hydroxyl groups is 1. The number of allylic oxidation sites excluding steroid dienone is 2. The van der Waals surface area contributed by atoms with Gasteiger partial charge in [0.15, 0.2) is 0 Å². The summed E-state index contributed by atoms with van der Waals surface area (Å²) >= 11 is 1.51. The summed E-state index contributed by atoms with van der Waals surface area (Å²) in [7, 11) is 0. The van der Waals surface area contributed by atoms with Gasteiger partial charge >= 0.3 is 0 Å². The van der Waals surface area contributed by atoms with Crippen LogP contribution in [0.3, 0.4) is 0 Å². The summed E-state index contributed by atoms with van der Waals surface area (Å²) in [6.45, 7) is 4.88. The fraction of sp³-hybridized carbons (Fsp3) is 0.474. The number of aliphatic hydroxyl groups excluding tert-OH is 1. The van der Waals surface area contributed by atoms with Crippen LogP contribution in [0.5, 0.6) is 0 Å². The van der Waals surface area contributed by atoms with Crippen LogP contribution in [0.2, 0.25) is 0 Å². The number of aromatic nitrogens is 1. The molecule has 2 atom stereocenters. The molecule has 7 nitrogen and oxygen atoms in total. The number of carbonyl (C=O) groups is 1. The molecule has 3 N–H and O–H groups in total. The van der Waals surface area contributed by atoms with E-state index in [1.54, 1.807) is 35.8 Å². The van der Waals surface area contributed by atoms with Crippen molar-refractivity contribution in [2.45, 2.75) is 51.8 Å². The van der Waals surface area contributed by atoms with Crippen molar-refractivity contribution in [3.05, 3.63) is 51.5 Å². The zero-order chi connectivity index (χ0) is 21.2. The van der Waals surface area contributed by atoms with E-state index >= 15 is 0 Å². The van der Waals surface area contributed by atoms with Crippen molar-refractivity contribution in [1.29, 1.82) is 0 Å². The van der Waals surface area contributed by atoms with Crippen LogP contribution in [0.15, 0.2) is 40.9 Å². The van der Waals surface area contributed by atoms with Gasteiger partial charge in [-0.3, -0.25) is 9.80 Å². The van der Waals surface area contributed by atoms with Crippen LogP contribution in [0.1, 0.15) is 30.8 Å². The second-order valence-corrected chi connectivity index (χ2v) is 8.24. The molecule has 2 aliphatic rings. The number of hydrogen-bond acceptors (Lipinski definition) is 7. The molecular weight excluding hydrogens is 402 g/mol. The summed E-state index contributed by atoms with van der Waals surface area (Å²) in [4.78, 5) is 18.1. The Balaban J connectivity index is 1.79. The maximum Gasteiger partial charge on any atom is 0.251 e. The molecule has 2 aliphatic heterocycles. The predicted octanol–water partition coefficient (Wildman–Crippen LogP) is 2.36. The van der Waals surface area contributed by atoms with Crippen LogP contribution >= 0.6 is 11.3 Å². The number of carbonyl (C=O) groups excluding carboxylic acids is 1. The van der Waals surface area contributed by atoms with E-state index in [0.29, 0.717) is 23.6 Å². The minimum Gasteiger partial charge on any atom is -0.488 e. The third-order valence-electron chi connectivity index (χ3n) is 4.80. The third-order valence-corrected chi connectivity index (χ3v) is 5.71. The topological polar surface area (TPSA) is 86.7 Å². The predicted molar refractivity (Wildman–Crippen MR) is 105 cm³/mol. The van der Waals surface area contributed by atoms with Gasteiger partial charge < -0.3 is 15.2 Å². The van der Waals surface area contributed by atoms with E-state index < -0.39 is 30.9 Å². The molecule has 3 rings (SSSR count). The van der Waals surface area contributed by atoms with Crippen molar-refractivity contribution in [3.63, 3.8) is 0 Å². The summed E-state index contributed by atoms with van der Waals surface area (Å²) in [6, 6.07) is -0.344. The standard InChI is InChI=1S/C19H24F2N4O3S/c1-11-15(29-10-22-11)8-28-13-4-5-25-14(6-13)17(12(2)24-25)18(27)23-19(3,9-26)7-16(20)21/h4-6,10,12,16,24,26H,7-9H2,1-3H3,(H,23,27). The molecule has 0 saturated heterocycles. The maximum atomic E-state index is 12.9. The fourth-order valence-electron chi connectivity index (χ4n) is 3.15. The lowest BCUT2D eigenvalue weighted by Crippen LogP contribution is -2.51. The van der Waals surface area contributed by atoms with Crippen molar-refractivity contribution in [3.8, 4) is 0 Å². The summed E-state index contributed by atoms with van der Waals surface area (Å²) in [5.41, 5.74) is 5.34. The molecular formula is C19H24F2N4O3S. The number of thiazole rings is 1. The number of nitrogens with one attached hydrogen (secondary N) is 2. The Labute approximate surface area is 171 Å². The van der Waals surface area contributed by atoms with Crippen molar-refractivity contribution in [1.82, 2.24) is 20.7 Å². The maximum absolute atomic E-state index is 12.9. The molecule has 0 aliphatic carbocycles. The molecule has 2 unspecified atom stereocenters. The van der Waals surface area contributed by atoms with E-state index in [1.807, 2.05) is 6.92 Å². The lowest BCUT2D eigenvalue weighted by molar-refractivity contribution is -0.120. The lowest BCUT2D eigenvalue weighted by Gasteiger charge is -2.29. The number of ether oxygens (including phenoxy) is 1. The van der Waals surface area contributed by atoms with Gasteiger partial charge in [-0.25, -0.2) is 19.2 Å². The van der Waals surface area contributed by atoms with Gasteiger partial charge in [-0.05, 0) is 26.8 Å². The van der Waals surface area contributed by atoms with Crippen LogP contribution in [0, 0.1) is 6.92 Å². The van der Waals surface area contributed by atoms with Crippen molar-refractivity contribution < 1.29 is 23.4 Å². The summed E-state index contributed by atoms with van der Waals surface area (Å²) in [5.74, 6) is 0.0617. The van der Waals surface area contributed by atoms with Crippen molar-refractivity contribution >= 4 is 17.2 Å². The molecule has 10 heteroatoms. The second kappa shape index (κ2) is 8.60. The van der Waals surface area contributed by atoms with Gasteiger partial charge in [-0.1, -0.05) is 0 Å². The van der Waals surface area contributed by atoms with Gasteiger partial charge in [0.05, 0.1) is 45.5 Å². The number of halogens is 2. The van der Waals surface area contributed by atoms with Gasteiger partial charge in [0.2, 0.25) is 6.43 Å². The number of aryl methyl sites for hydroxylation is 1. The molecule has 1 amide bonds. The largest absolute Gasteiger partial charge is 0.488 e. The highest BCUT2D eigenvalue weighted by Gasteiger charge is 2.36. The lowest BCUT2D eigenvalue weighted by atomic mass is 9.97. The number of rotatable bonds is 8. The molecule has 1 aromatic rings. The fourth-order valence-corrected chi connectivity index (χ4v) is 3.84. The molecule has 0 spiro atoms. The molecule has 0 bridgehead atoms. The molecule has 0 saturated carbocycles. The Morgan fingerprint density at radius 2 is 2.31 bits per heavy atom. The summed E-state index contributed by atoms with van der Waals surface area (Å²) in [6.07, 6.45) is 1.96. The number of fused-ring (bicyclic) bond motifs is 1. The number of hydrazine groups is 1. The first-order valence-electron chi connectivity index (χ1n) is 9.15. The average Bonchev–Trinajstić information content (AvgIpc) is 3.20. The van der Waals surface area contributed by atoms with Gasteiger partial charge in [0.25, 0.3) is 5.91 Å². The first-order chi connectivity index (χ1) is 13.7. The Morgan fingerprint density at radius 3 is 2.93 bits per heavy atom. The van der Waals surface area contributed by atoms with E-state index in [-0.39, 0.29) is 6.04 Å². The highest BCUT2D eigenvalue weighted by molar-refractivity contribution is 7.09. The minimum atomic E-state index is -2.64. The van der Waals surface area contributed by atoms with E-state index in [9.17, 15) is 18.7 Å². The molecule has 1 aromatic heterocycles. The van der Waals surface area contributed by atoms with E-state index in [1.165, 1.54) is 18.3 Å². The zero-order valence-corrected chi connectivity index (χ0v) is 17.2. The van der Waals surface area contributed by atoms with Crippen LogP contribution in [-0.4, -0.2) is 45.6 Å². The van der Waals surface area contributed by atoms with Crippen LogP contribution in [0.25, 0.3) is 0 Å². The van der Waals surface area contributed by atoms with E-state index in [0.717, 1.165) is 10.6 Å². The number of alkyl halides is 2. The summed E-state index contributed by atoms with van der Waals surface area (Å²) < 4.78 is 31.5. The molecule has 29 heavy (non-hydrogen) atoms. The average molecular weight is 426 g/mol. The number of hydrogen-bond donors (Lipinski definition) is 3. The van der Waals surface area contributed by atoms with Crippen LogP contribution in [0.4, 0.5) is 8.78 Å². The third kappa shape index (κ3) is 4.82. The zero-order valence-electron chi connectivity index (χ0n) is 16.4. The highest BCUT2D eigenvalue weighted by Crippen LogP contribution is 2.29. The Bertz CT molecular complexity index is 867. The molecule has 0 radical (unpaired) electrons. The first kappa shape index (κ1) is 21.4. The monoisotopic (exact) mass is 426 g/mol. The smallest absolute Gasteiger partial charge is 0.251 e. The molecule has 3 heterocycles. The van der Waals surface area contributed by atoms with Gasteiger partial charge in [0.1, 0.15) is 12.4 Å². The van der Waals surface area contributed by atoms with Gasteiger partial charge in [-0.2, -0.15) is 0 Å². The Kier molecular flexibility index (Phi) is 6.35. The minimum absolute atomic E-state index is 0.344. The van der Waals surface area contributed by atoms with Gasteiger partial charge in [-0.15, -0.1) is 11.3 Å². The first-order valence-corrected chi connectivity index (χ1v) is 10.0. The second-order valence-electron chi connectivity index (χ2n) is 7.30. The molecule has 158 valence electrons. The van der Waals surface area contributed by atoms with E-state index in [4.69, 9.17) is 4.74 Å². The van der Waals surface area contributed by atoms with Crippen LogP contribution < -0.4 is 10.7 Å². The molecule has 0 fully saturated rings. The Morgan fingerprint density at radius 1 is 1.55 bits per heavy atom. The number of nitrogens with zero attached hydrogens (tertiary/aromatic N) is 2. The molecule has 0 aromatic carbocycles. The van der Waals surface area contributed by atoms with Crippen molar-refractivity contribution in [2.24, 2.45) is 0 Å². The number of amides is 1. The SMILES string of the molecule is Cc1ncsc1COC1=CC2=C(C(=O)NC(C)(CO)CC(F)F)C(C)NN2C=C1. The van der Waals surface area contributed by atoms with E-state index in [2.05, 4.69) is 15.7 Å². The Hall–Kier alpha value is -2.30. The highest BCUT2D eigenvalue weighted by atomic mass is 32.1. The summed E-state index contributed by atoms with van der Waals surface area (Å²) in [5, 5.41) is 13.8. The normalized spacial score (nSPS) is 20.6. The van der Waals surface area contributed by atoms with Gasteiger partial charge in [0, 0.05) is 18.7 Å². The quantitative estimate of drug-likeness (QED) is 0.592. The van der Waals surface area contributed by atoms with Crippen LogP contribution in [-0.2, 0) is 16.1 Å². The van der Waals surface area contributed by atoms with Crippen molar-refractivity contribution in [2.75, 3.05) is 6.61 Å².